The first kappa shape index (κ1) is 19.5. The molecule has 3 rings (SSSR count). The Labute approximate surface area is 164 Å². The molecule has 2 aromatic carbocycles. The zero-order chi connectivity index (χ0) is 20.8. The molecule has 10 nitrogen and oxygen atoms in total. The lowest BCUT2D eigenvalue weighted by molar-refractivity contribution is -0.385. The van der Waals surface area contributed by atoms with Gasteiger partial charge in [0.1, 0.15) is 30.1 Å². The molecule has 0 aliphatic heterocycles. The molecule has 0 fully saturated rings. The van der Waals surface area contributed by atoms with Gasteiger partial charge in [0.15, 0.2) is 0 Å². The number of non-ortho nitro benzene ring substituents is 2. The van der Waals surface area contributed by atoms with Crippen molar-refractivity contribution in [3.63, 3.8) is 0 Å². The smallest absolute Gasteiger partial charge is 0.270 e. The van der Waals surface area contributed by atoms with Gasteiger partial charge in [-0.15, -0.1) is 0 Å². The van der Waals surface area contributed by atoms with Crippen molar-refractivity contribution in [3.05, 3.63) is 86.1 Å². The van der Waals surface area contributed by atoms with Crippen LogP contribution in [0.15, 0.2) is 64.2 Å². The van der Waals surface area contributed by atoms with Gasteiger partial charge in [0.05, 0.1) is 22.5 Å². The summed E-state index contributed by atoms with van der Waals surface area (Å²) in [5.74, 6) is 1.15. The molecule has 0 radical (unpaired) electrons. The molecule has 148 valence electrons. The molecule has 0 aliphatic carbocycles. The van der Waals surface area contributed by atoms with Crippen LogP contribution < -0.4 is 4.74 Å². The third kappa shape index (κ3) is 4.75. The van der Waals surface area contributed by atoms with Crippen LogP contribution in [-0.4, -0.2) is 23.2 Å². The minimum Gasteiger partial charge on any atom is -0.496 e. The fourth-order valence-corrected chi connectivity index (χ4v) is 2.53. The average molecular weight is 397 g/mol. The van der Waals surface area contributed by atoms with Crippen LogP contribution in [0.1, 0.15) is 11.3 Å². The zero-order valence-corrected chi connectivity index (χ0v) is 15.2. The summed E-state index contributed by atoms with van der Waals surface area (Å²) in [5.41, 5.74) is 0.904. The number of hydrogen-bond acceptors (Lipinski definition) is 8. The number of methoxy groups -OCH3 is 1. The van der Waals surface area contributed by atoms with E-state index in [4.69, 9.17) is 14.0 Å². The highest BCUT2D eigenvalue weighted by Gasteiger charge is 2.15. The van der Waals surface area contributed by atoms with Crippen LogP contribution in [0.4, 0.5) is 11.4 Å². The molecule has 0 bridgehead atoms. The maximum absolute atomic E-state index is 11.0. The van der Waals surface area contributed by atoms with E-state index in [9.17, 15) is 20.2 Å². The first-order valence-electron chi connectivity index (χ1n) is 8.29. The number of oxime groups is 1. The number of benzene rings is 2. The van der Waals surface area contributed by atoms with Crippen LogP contribution in [0, 0.1) is 20.2 Å². The normalized spacial score (nSPS) is 10.8. The molecule has 0 amide bonds. The number of ether oxygens (including phenoxy) is 1. The summed E-state index contributed by atoms with van der Waals surface area (Å²) in [6.07, 6.45) is 1.32. The summed E-state index contributed by atoms with van der Waals surface area (Å²) in [4.78, 5) is 25.9. The first-order chi connectivity index (χ1) is 14.0. The van der Waals surface area contributed by atoms with Crippen LogP contribution in [0.2, 0.25) is 0 Å². The van der Waals surface area contributed by atoms with Gasteiger partial charge in [-0.3, -0.25) is 20.2 Å². The third-order valence-corrected chi connectivity index (χ3v) is 3.89. The summed E-state index contributed by atoms with van der Waals surface area (Å²) in [7, 11) is 1.46. The van der Waals surface area contributed by atoms with E-state index in [1.807, 2.05) is 0 Å². The molecule has 3 aromatic rings. The second-order valence-corrected chi connectivity index (χ2v) is 5.78. The van der Waals surface area contributed by atoms with Crippen molar-refractivity contribution < 1.29 is 23.8 Å². The Hall–Kier alpha value is -4.21. The van der Waals surface area contributed by atoms with Gasteiger partial charge in [-0.05, 0) is 23.8 Å². The molecule has 0 aliphatic rings. The van der Waals surface area contributed by atoms with Gasteiger partial charge in [-0.1, -0.05) is 17.3 Å². The maximum atomic E-state index is 11.0. The van der Waals surface area contributed by atoms with Crippen molar-refractivity contribution in [3.8, 4) is 17.1 Å². The lowest BCUT2D eigenvalue weighted by atomic mass is 10.1. The van der Waals surface area contributed by atoms with Crippen molar-refractivity contribution in [2.75, 3.05) is 7.11 Å². The summed E-state index contributed by atoms with van der Waals surface area (Å²) in [6, 6.07) is 13.5. The molecule has 1 aromatic heterocycles. The standard InChI is InChI=1S/C19H15N3O7/c1-27-18-7-5-15(22(25)26)10-17(18)19-8-6-16(29-19)11-20-28-12-13-3-2-4-14(9-13)21(23)24/h2-11H,12H2,1H3/b20-11-. The Morgan fingerprint density at radius 1 is 1.03 bits per heavy atom. The lowest BCUT2D eigenvalue weighted by Crippen LogP contribution is -1.92. The van der Waals surface area contributed by atoms with E-state index in [2.05, 4.69) is 5.16 Å². The van der Waals surface area contributed by atoms with Gasteiger partial charge < -0.3 is 14.0 Å². The average Bonchev–Trinajstić information content (AvgIpc) is 3.19. The SMILES string of the molecule is COc1ccc([N+](=O)[O-])cc1-c1ccc(/C=N\OCc2cccc([N+](=O)[O-])c2)o1. The summed E-state index contributed by atoms with van der Waals surface area (Å²) in [5, 5.41) is 25.5. The highest BCUT2D eigenvalue weighted by molar-refractivity contribution is 5.78. The monoisotopic (exact) mass is 397 g/mol. The second-order valence-electron chi connectivity index (χ2n) is 5.78. The van der Waals surface area contributed by atoms with E-state index in [1.54, 1.807) is 24.3 Å². The number of nitro benzene ring substituents is 2. The number of nitro groups is 2. The van der Waals surface area contributed by atoms with Crippen molar-refractivity contribution in [1.29, 1.82) is 0 Å². The van der Waals surface area contributed by atoms with Crippen molar-refractivity contribution in [1.82, 2.24) is 0 Å². The molecular formula is C19H15N3O7. The molecule has 0 saturated heterocycles. The molecule has 0 spiro atoms. The summed E-state index contributed by atoms with van der Waals surface area (Å²) in [6.45, 7) is 0.0461. The van der Waals surface area contributed by atoms with Gasteiger partial charge in [0, 0.05) is 24.3 Å². The maximum Gasteiger partial charge on any atom is 0.270 e. The van der Waals surface area contributed by atoms with E-state index >= 15 is 0 Å². The molecule has 0 N–H and O–H groups in total. The highest BCUT2D eigenvalue weighted by atomic mass is 16.6. The van der Waals surface area contributed by atoms with Gasteiger partial charge in [-0.2, -0.15) is 0 Å². The number of hydrogen-bond donors (Lipinski definition) is 0. The lowest BCUT2D eigenvalue weighted by Gasteiger charge is -2.05. The van der Waals surface area contributed by atoms with Gasteiger partial charge in [0.25, 0.3) is 11.4 Å². The number of furan rings is 1. The number of rotatable bonds is 8. The zero-order valence-electron chi connectivity index (χ0n) is 15.2. The van der Waals surface area contributed by atoms with Gasteiger partial charge in [-0.25, -0.2) is 0 Å². The Kier molecular flexibility index (Phi) is 5.83. The predicted molar refractivity (Wildman–Crippen MR) is 103 cm³/mol. The van der Waals surface area contributed by atoms with E-state index in [-0.39, 0.29) is 18.0 Å². The Morgan fingerprint density at radius 3 is 2.52 bits per heavy atom. The minimum absolute atomic E-state index is 0.0309. The van der Waals surface area contributed by atoms with Gasteiger partial charge in [0.2, 0.25) is 0 Å². The van der Waals surface area contributed by atoms with Crippen molar-refractivity contribution >= 4 is 17.6 Å². The van der Waals surface area contributed by atoms with Crippen LogP contribution in [0.25, 0.3) is 11.3 Å². The first-order valence-corrected chi connectivity index (χ1v) is 8.29. The van der Waals surface area contributed by atoms with Crippen LogP contribution in [-0.2, 0) is 11.4 Å². The summed E-state index contributed by atoms with van der Waals surface area (Å²) >= 11 is 0. The molecule has 0 atom stereocenters. The van der Waals surface area contributed by atoms with E-state index in [1.165, 1.54) is 43.7 Å². The molecule has 0 saturated carbocycles. The Morgan fingerprint density at radius 2 is 1.79 bits per heavy atom. The van der Waals surface area contributed by atoms with Crippen LogP contribution in [0.5, 0.6) is 5.75 Å². The van der Waals surface area contributed by atoms with Crippen molar-refractivity contribution in [2.24, 2.45) is 5.16 Å². The third-order valence-electron chi connectivity index (χ3n) is 3.89. The quantitative estimate of drug-likeness (QED) is 0.314. The van der Waals surface area contributed by atoms with Gasteiger partial charge >= 0.3 is 0 Å². The molecule has 10 heteroatoms. The van der Waals surface area contributed by atoms with E-state index < -0.39 is 9.85 Å². The predicted octanol–water partition coefficient (Wildman–Crippen LogP) is 4.32. The van der Waals surface area contributed by atoms with Crippen molar-refractivity contribution in [2.45, 2.75) is 6.61 Å². The fraction of sp³-hybridized carbons (Fsp3) is 0.105. The highest BCUT2D eigenvalue weighted by Crippen LogP contribution is 2.34. The molecule has 29 heavy (non-hydrogen) atoms. The largest absolute Gasteiger partial charge is 0.496 e. The molecule has 1 heterocycles. The van der Waals surface area contributed by atoms with E-state index in [0.717, 1.165) is 0 Å². The topological polar surface area (TPSA) is 130 Å². The Bertz CT molecular complexity index is 1080. The fourth-order valence-electron chi connectivity index (χ4n) is 2.53. The Balaban J connectivity index is 1.69. The number of nitrogens with zero attached hydrogens (tertiary/aromatic N) is 3. The van der Waals surface area contributed by atoms with Crippen LogP contribution in [0.3, 0.4) is 0 Å². The summed E-state index contributed by atoms with van der Waals surface area (Å²) < 4.78 is 10.9. The van der Waals surface area contributed by atoms with E-state index in [0.29, 0.717) is 28.4 Å². The molecule has 0 unspecified atom stereocenters. The molecular weight excluding hydrogens is 382 g/mol. The second kappa shape index (κ2) is 8.65. The van der Waals surface area contributed by atoms with Crippen LogP contribution >= 0.6 is 0 Å². The minimum atomic E-state index is -0.504.